The van der Waals surface area contributed by atoms with E-state index in [0.717, 1.165) is 0 Å². The van der Waals surface area contributed by atoms with Crippen molar-refractivity contribution in [2.75, 3.05) is 18.9 Å². The smallest absolute Gasteiger partial charge is 0.244 e. The Bertz CT molecular complexity index is 952. The van der Waals surface area contributed by atoms with Gasteiger partial charge in [-0.15, -0.1) is 0 Å². The first-order valence-electron chi connectivity index (χ1n) is 8.28. The van der Waals surface area contributed by atoms with Gasteiger partial charge in [0, 0.05) is 19.9 Å². The predicted octanol–water partition coefficient (Wildman–Crippen LogP) is 3.67. The molecule has 0 spiro atoms. The van der Waals surface area contributed by atoms with E-state index in [1.165, 1.54) is 18.2 Å². The second kappa shape index (κ2) is 8.90. The van der Waals surface area contributed by atoms with Crippen molar-refractivity contribution in [3.8, 4) is 11.6 Å². The van der Waals surface area contributed by atoms with Crippen molar-refractivity contribution in [2.45, 2.75) is 12.8 Å². The SMILES string of the molecule is CN(CC(=O)Nc1c(Cl)cccc1Cl)C(=O)CCc1nc(-c2ccco2)no1. The highest BCUT2D eigenvalue weighted by molar-refractivity contribution is 6.39. The van der Waals surface area contributed by atoms with Crippen LogP contribution in [0.3, 0.4) is 0 Å². The number of likely N-dealkylation sites (N-methyl/N-ethyl adjacent to an activating group) is 1. The van der Waals surface area contributed by atoms with Crippen LogP contribution in [0.15, 0.2) is 45.5 Å². The van der Waals surface area contributed by atoms with E-state index in [1.54, 1.807) is 30.3 Å². The van der Waals surface area contributed by atoms with Gasteiger partial charge < -0.3 is 19.2 Å². The summed E-state index contributed by atoms with van der Waals surface area (Å²) in [7, 11) is 1.53. The molecule has 0 atom stereocenters. The summed E-state index contributed by atoms with van der Waals surface area (Å²) in [5.74, 6) is 0.437. The first-order chi connectivity index (χ1) is 13.4. The van der Waals surface area contributed by atoms with Crippen molar-refractivity contribution >= 4 is 40.7 Å². The highest BCUT2D eigenvalue weighted by Gasteiger charge is 2.17. The van der Waals surface area contributed by atoms with Crippen LogP contribution in [-0.2, 0) is 16.0 Å². The molecule has 2 heterocycles. The van der Waals surface area contributed by atoms with E-state index in [2.05, 4.69) is 15.5 Å². The number of aryl methyl sites for hydroxylation is 1. The summed E-state index contributed by atoms with van der Waals surface area (Å²) in [5, 5.41) is 7.04. The van der Waals surface area contributed by atoms with Crippen LogP contribution in [0.5, 0.6) is 0 Å². The minimum Gasteiger partial charge on any atom is -0.461 e. The van der Waals surface area contributed by atoms with Crippen molar-refractivity contribution in [1.29, 1.82) is 0 Å². The minimum atomic E-state index is -0.413. The fourth-order valence-electron chi connectivity index (χ4n) is 2.37. The number of nitrogens with one attached hydrogen (secondary N) is 1. The Morgan fingerprint density at radius 1 is 1.18 bits per heavy atom. The van der Waals surface area contributed by atoms with Crippen LogP contribution in [0.25, 0.3) is 11.6 Å². The Hall–Kier alpha value is -2.84. The molecule has 0 unspecified atom stereocenters. The van der Waals surface area contributed by atoms with Crippen molar-refractivity contribution in [3.63, 3.8) is 0 Å². The Kier molecular flexibility index (Phi) is 6.33. The lowest BCUT2D eigenvalue weighted by atomic mass is 10.2. The lowest BCUT2D eigenvalue weighted by molar-refractivity contribution is -0.133. The third-order valence-electron chi connectivity index (χ3n) is 3.80. The molecule has 10 heteroatoms. The second-order valence-corrected chi connectivity index (χ2v) is 6.70. The van der Waals surface area contributed by atoms with Gasteiger partial charge in [-0.1, -0.05) is 34.4 Å². The molecule has 0 fully saturated rings. The monoisotopic (exact) mass is 422 g/mol. The number of nitrogens with zero attached hydrogens (tertiary/aromatic N) is 3. The molecule has 0 saturated heterocycles. The van der Waals surface area contributed by atoms with Crippen molar-refractivity contribution in [3.05, 3.63) is 52.5 Å². The Morgan fingerprint density at radius 3 is 2.61 bits per heavy atom. The molecular formula is C18H16Cl2N4O4. The molecule has 28 heavy (non-hydrogen) atoms. The van der Waals surface area contributed by atoms with Gasteiger partial charge >= 0.3 is 0 Å². The van der Waals surface area contributed by atoms with E-state index in [-0.39, 0.29) is 25.3 Å². The van der Waals surface area contributed by atoms with Crippen LogP contribution in [-0.4, -0.2) is 40.4 Å². The number of anilines is 1. The van der Waals surface area contributed by atoms with Gasteiger partial charge in [0.1, 0.15) is 0 Å². The highest BCUT2D eigenvalue weighted by Crippen LogP contribution is 2.29. The van der Waals surface area contributed by atoms with Crippen LogP contribution in [0.2, 0.25) is 10.0 Å². The first-order valence-corrected chi connectivity index (χ1v) is 9.04. The predicted molar refractivity (Wildman–Crippen MR) is 103 cm³/mol. The molecule has 3 rings (SSSR count). The summed E-state index contributed by atoms with van der Waals surface area (Å²) < 4.78 is 10.3. The maximum Gasteiger partial charge on any atom is 0.244 e. The molecular weight excluding hydrogens is 407 g/mol. The van der Waals surface area contributed by atoms with Crippen molar-refractivity contribution < 1.29 is 18.5 Å². The normalized spacial score (nSPS) is 10.7. The van der Waals surface area contributed by atoms with Gasteiger partial charge in [-0.3, -0.25) is 9.59 Å². The fourth-order valence-corrected chi connectivity index (χ4v) is 2.86. The number of aromatic nitrogens is 2. The van der Waals surface area contributed by atoms with Crippen LogP contribution in [0.4, 0.5) is 5.69 Å². The lowest BCUT2D eigenvalue weighted by Crippen LogP contribution is -2.35. The summed E-state index contributed by atoms with van der Waals surface area (Å²) in [6.45, 7) is -0.151. The van der Waals surface area contributed by atoms with E-state index in [1.807, 2.05) is 0 Å². The average molecular weight is 423 g/mol. The largest absolute Gasteiger partial charge is 0.461 e. The summed E-state index contributed by atoms with van der Waals surface area (Å²) in [5.41, 5.74) is 0.313. The molecule has 0 aliphatic rings. The summed E-state index contributed by atoms with van der Waals surface area (Å²) in [6.07, 6.45) is 1.86. The molecule has 0 saturated carbocycles. The van der Waals surface area contributed by atoms with E-state index < -0.39 is 5.91 Å². The Balaban J connectivity index is 1.50. The molecule has 8 nitrogen and oxygen atoms in total. The number of rotatable bonds is 7. The van der Waals surface area contributed by atoms with Gasteiger partial charge in [0.15, 0.2) is 5.76 Å². The third kappa shape index (κ3) is 4.90. The number of halogens is 2. The van der Waals surface area contributed by atoms with Crippen LogP contribution in [0, 0.1) is 0 Å². The van der Waals surface area contributed by atoms with Crippen LogP contribution < -0.4 is 5.32 Å². The first kappa shape index (κ1) is 19.9. The number of amides is 2. The zero-order chi connectivity index (χ0) is 20.1. The van der Waals surface area contributed by atoms with E-state index in [0.29, 0.717) is 33.2 Å². The van der Waals surface area contributed by atoms with Gasteiger partial charge in [0.05, 0.1) is 28.5 Å². The summed E-state index contributed by atoms with van der Waals surface area (Å²) in [6, 6.07) is 8.31. The molecule has 2 amide bonds. The number of hydrogen-bond acceptors (Lipinski definition) is 6. The molecule has 2 aromatic heterocycles. The molecule has 3 aromatic rings. The van der Waals surface area contributed by atoms with E-state index >= 15 is 0 Å². The Morgan fingerprint density at radius 2 is 1.93 bits per heavy atom. The van der Waals surface area contributed by atoms with E-state index in [9.17, 15) is 9.59 Å². The number of benzene rings is 1. The maximum absolute atomic E-state index is 12.3. The van der Waals surface area contributed by atoms with Gasteiger partial charge in [-0.25, -0.2) is 0 Å². The number of carbonyl (C=O) groups excluding carboxylic acids is 2. The molecule has 0 aliphatic heterocycles. The second-order valence-electron chi connectivity index (χ2n) is 5.88. The average Bonchev–Trinajstić information content (AvgIpc) is 3.34. The number of para-hydroxylation sites is 1. The van der Waals surface area contributed by atoms with Gasteiger partial charge in [-0.2, -0.15) is 4.98 Å². The molecule has 146 valence electrons. The van der Waals surface area contributed by atoms with Gasteiger partial charge in [0.25, 0.3) is 0 Å². The van der Waals surface area contributed by atoms with Crippen LogP contribution >= 0.6 is 23.2 Å². The number of carbonyl (C=O) groups is 2. The zero-order valence-electron chi connectivity index (χ0n) is 14.8. The minimum absolute atomic E-state index is 0.108. The van der Waals surface area contributed by atoms with Gasteiger partial charge in [0.2, 0.25) is 23.5 Å². The summed E-state index contributed by atoms with van der Waals surface area (Å²) >= 11 is 12.0. The number of furan rings is 1. The number of hydrogen-bond donors (Lipinski definition) is 1. The van der Waals surface area contributed by atoms with Crippen molar-refractivity contribution in [2.24, 2.45) is 0 Å². The molecule has 1 N–H and O–H groups in total. The summed E-state index contributed by atoms with van der Waals surface area (Å²) in [4.78, 5) is 29.9. The van der Waals surface area contributed by atoms with Gasteiger partial charge in [-0.05, 0) is 24.3 Å². The Labute approximate surface area is 170 Å². The quantitative estimate of drug-likeness (QED) is 0.622. The molecule has 0 aliphatic carbocycles. The van der Waals surface area contributed by atoms with Crippen LogP contribution in [0.1, 0.15) is 12.3 Å². The van der Waals surface area contributed by atoms with Crippen molar-refractivity contribution in [1.82, 2.24) is 15.0 Å². The maximum atomic E-state index is 12.3. The van der Waals surface area contributed by atoms with E-state index in [4.69, 9.17) is 32.1 Å². The standard InChI is InChI=1S/C18H16Cl2N4O4/c1-24(10-14(25)21-17-11(19)4-2-5-12(17)20)16(26)8-7-15-22-18(23-28-15)13-6-3-9-27-13/h2-6,9H,7-8,10H2,1H3,(H,21,25). The lowest BCUT2D eigenvalue weighted by Gasteiger charge is -2.17. The molecule has 0 bridgehead atoms. The molecule has 0 radical (unpaired) electrons. The highest BCUT2D eigenvalue weighted by atomic mass is 35.5. The third-order valence-corrected chi connectivity index (χ3v) is 4.43. The molecule has 1 aromatic carbocycles. The topological polar surface area (TPSA) is 101 Å². The fraction of sp³-hybridized carbons (Fsp3) is 0.222. The zero-order valence-corrected chi connectivity index (χ0v) is 16.3.